The molecule has 90 valence electrons. The van der Waals surface area contributed by atoms with E-state index in [-0.39, 0.29) is 5.75 Å². The molecular weight excluding hydrogens is 216 g/mol. The van der Waals surface area contributed by atoms with Crippen LogP contribution in [0.4, 0.5) is 0 Å². The van der Waals surface area contributed by atoms with Gasteiger partial charge in [0.2, 0.25) is 0 Å². The van der Waals surface area contributed by atoms with Crippen molar-refractivity contribution in [2.24, 2.45) is 7.05 Å². The van der Waals surface area contributed by atoms with Gasteiger partial charge in [0.15, 0.2) is 0 Å². The third kappa shape index (κ3) is 2.58. The monoisotopic (exact) mass is 232 g/mol. The molecule has 1 heterocycles. The number of phenols is 1. The van der Waals surface area contributed by atoms with E-state index in [1.807, 2.05) is 30.8 Å². The van der Waals surface area contributed by atoms with Gasteiger partial charge in [0.1, 0.15) is 17.3 Å². The number of aromatic nitrogens is 2. The summed E-state index contributed by atoms with van der Waals surface area (Å²) >= 11 is 0. The third-order valence-corrected chi connectivity index (χ3v) is 2.76. The molecule has 0 aliphatic rings. The molecule has 0 aliphatic heterocycles. The molecule has 17 heavy (non-hydrogen) atoms. The molecule has 0 fully saturated rings. The number of imidazole rings is 1. The highest BCUT2D eigenvalue weighted by molar-refractivity contribution is 5.42. The fraction of sp³-hybridized carbons (Fsp3) is 0.308. The van der Waals surface area contributed by atoms with Crippen molar-refractivity contribution >= 4 is 0 Å². The third-order valence-electron chi connectivity index (χ3n) is 2.76. The van der Waals surface area contributed by atoms with E-state index in [1.165, 1.54) is 0 Å². The second-order valence-electron chi connectivity index (χ2n) is 3.95. The van der Waals surface area contributed by atoms with Crippen LogP contribution < -0.4 is 4.74 Å². The maximum Gasteiger partial charge on any atom is 0.125 e. The van der Waals surface area contributed by atoms with Crippen LogP contribution in [0.2, 0.25) is 0 Å². The van der Waals surface area contributed by atoms with E-state index in [1.54, 1.807) is 18.3 Å². The number of benzene rings is 1. The molecule has 0 amide bonds. The second kappa shape index (κ2) is 4.91. The van der Waals surface area contributed by atoms with Gasteiger partial charge in [-0.1, -0.05) is 6.07 Å². The SMILES string of the molecule is Cc1c(O)cccc1OCCc1nccn1C. The first-order valence-electron chi connectivity index (χ1n) is 5.56. The molecule has 0 unspecified atom stereocenters. The lowest BCUT2D eigenvalue weighted by Gasteiger charge is -2.09. The molecule has 0 radical (unpaired) electrons. The first-order valence-corrected chi connectivity index (χ1v) is 5.56. The maximum atomic E-state index is 9.53. The zero-order valence-electron chi connectivity index (χ0n) is 10.1. The lowest BCUT2D eigenvalue weighted by molar-refractivity contribution is 0.313. The lowest BCUT2D eigenvalue weighted by Crippen LogP contribution is -2.06. The number of aryl methyl sites for hydroxylation is 1. The summed E-state index contributed by atoms with van der Waals surface area (Å²) in [6, 6.07) is 5.28. The molecule has 2 rings (SSSR count). The summed E-state index contributed by atoms with van der Waals surface area (Å²) in [5.74, 6) is 1.97. The number of aromatic hydroxyl groups is 1. The summed E-state index contributed by atoms with van der Waals surface area (Å²) in [7, 11) is 1.96. The van der Waals surface area contributed by atoms with Crippen molar-refractivity contribution in [3.8, 4) is 11.5 Å². The van der Waals surface area contributed by atoms with E-state index in [9.17, 15) is 5.11 Å². The smallest absolute Gasteiger partial charge is 0.125 e. The number of phenolic OH excluding ortho intramolecular Hbond substituents is 1. The van der Waals surface area contributed by atoms with Crippen molar-refractivity contribution in [2.75, 3.05) is 6.61 Å². The Hall–Kier alpha value is -1.97. The zero-order chi connectivity index (χ0) is 12.3. The summed E-state index contributed by atoms with van der Waals surface area (Å²) in [5, 5.41) is 9.53. The Morgan fingerprint density at radius 2 is 2.24 bits per heavy atom. The van der Waals surface area contributed by atoms with Crippen molar-refractivity contribution in [1.29, 1.82) is 0 Å². The van der Waals surface area contributed by atoms with Gasteiger partial charge in [0.25, 0.3) is 0 Å². The van der Waals surface area contributed by atoms with Crippen LogP contribution in [0, 0.1) is 6.92 Å². The van der Waals surface area contributed by atoms with Gasteiger partial charge in [-0.2, -0.15) is 0 Å². The lowest BCUT2D eigenvalue weighted by atomic mass is 10.2. The molecule has 0 saturated carbocycles. The molecule has 4 nitrogen and oxygen atoms in total. The van der Waals surface area contributed by atoms with E-state index in [0.717, 1.165) is 23.6 Å². The van der Waals surface area contributed by atoms with E-state index in [2.05, 4.69) is 4.98 Å². The molecule has 4 heteroatoms. The molecule has 0 saturated heterocycles. The highest BCUT2D eigenvalue weighted by atomic mass is 16.5. The fourth-order valence-corrected chi connectivity index (χ4v) is 1.65. The van der Waals surface area contributed by atoms with Crippen LogP contribution >= 0.6 is 0 Å². The van der Waals surface area contributed by atoms with Crippen molar-refractivity contribution in [3.05, 3.63) is 42.0 Å². The van der Waals surface area contributed by atoms with Gasteiger partial charge < -0.3 is 14.4 Å². The van der Waals surface area contributed by atoms with Crippen LogP contribution in [0.15, 0.2) is 30.6 Å². The number of rotatable bonds is 4. The predicted molar refractivity (Wildman–Crippen MR) is 65.3 cm³/mol. The molecule has 0 atom stereocenters. The number of hydrogen-bond donors (Lipinski definition) is 1. The Kier molecular flexibility index (Phi) is 3.32. The van der Waals surface area contributed by atoms with Gasteiger partial charge in [-0.15, -0.1) is 0 Å². The summed E-state index contributed by atoms with van der Waals surface area (Å²) < 4.78 is 7.60. The largest absolute Gasteiger partial charge is 0.508 e. The van der Waals surface area contributed by atoms with Crippen LogP contribution in [0.1, 0.15) is 11.4 Å². The topological polar surface area (TPSA) is 47.3 Å². The standard InChI is InChI=1S/C13H16N2O2/c1-10-11(16)4-3-5-12(10)17-9-6-13-14-7-8-15(13)2/h3-5,7-8,16H,6,9H2,1-2H3. The fourth-order valence-electron chi connectivity index (χ4n) is 1.65. The Morgan fingerprint density at radius 3 is 2.94 bits per heavy atom. The molecule has 2 aromatic rings. The minimum atomic E-state index is 0.263. The predicted octanol–water partition coefficient (Wildman–Crippen LogP) is 2.06. The molecular formula is C13H16N2O2. The first kappa shape index (κ1) is 11.5. The minimum absolute atomic E-state index is 0.263. The highest BCUT2D eigenvalue weighted by Gasteiger charge is 2.04. The second-order valence-corrected chi connectivity index (χ2v) is 3.95. The van der Waals surface area contributed by atoms with Crippen LogP contribution in [-0.4, -0.2) is 21.3 Å². The van der Waals surface area contributed by atoms with Crippen molar-refractivity contribution in [3.63, 3.8) is 0 Å². The molecule has 1 aromatic heterocycles. The van der Waals surface area contributed by atoms with Crippen molar-refractivity contribution < 1.29 is 9.84 Å². The maximum absolute atomic E-state index is 9.53. The Balaban J connectivity index is 1.95. The molecule has 0 bridgehead atoms. The van der Waals surface area contributed by atoms with Gasteiger partial charge in [0.05, 0.1) is 6.61 Å². The van der Waals surface area contributed by atoms with Gasteiger partial charge >= 0.3 is 0 Å². The van der Waals surface area contributed by atoms with Crippen LogP contribution in [0.25, 0.3) is 0 Å². The number of ether oxygens (including phenoxy) is 1. The van der Waals surface area contributed by atoms with Gasteiger partial charge in [0, 0.05) is 31.4 Å². The summed E-state index contributed by atoms with van der Waals surface area (Å²) in [6.07, 6.45) is 4.43. The normalized spacial score (nSPS) is 10.5. The molecule has 1 N–H and O–H groups in total. The van der Waals surface area contributed by atoms with Crippen molar-refractivity contribution in [1.82, 2.24) is 9.55 Å². The Labute approximate surface area is 100 Å². The first-order chi connectivity index (χ1) is 8.18. The van der Waals surface area contributed by atoms with Crippen LogP contribution in [0.5, 0.6) is 11.5 Å². The summed E-state index contributed by atoms with van der Waals surface area (Å²) in [4.78, 5) is 4.22. The molecule has 1 aromatic carbocycles. The van der Waals surface area contributed by atoms with E-state index in [4.69, 9.17) is 4.74 Å². The number of hydrogen-bond acceptors (Lipinski definition) is 3. The minimum Gasteiger partial charge on any atom is -0.508 e. The van der Waals surface area contributed by atoms with Gasteiger partial charge in [-0.25, -0.2) is 4.98 Å². The Bertz CT molecular complexity index is 506. The Morgan fingerprint density at radius 1 is 1.41 bits per heavy atom. The van der Waals surface area contributed by atoms with Crippen LogP contribution in [-0.2, 0) is 13.5 Å². The summed E-state index contributed by atoms with van der Waals surface area (Å²) in [6.45, 7) is 2.39. The van der Waals surface area contributed by atoms with Crippen molar-refractivity contribution in [2.45, 2.75) is 13.3 Å². The highest BCUT2D eigenvalue weighted by Crippen LogP contribution is 2.25. The van der Waals surface area contributed by atoms with E-state index >= 15 is 0 Å². The van der Waals surface area contributed by atoms with Gasteiger partial charge in [-0.3, -0.25) is 0 Å². The van der Waals surface area contributed by atoms with E-state index < -0.39 is 0 Å². The quantitative estimate of drug-likeness (QED) is 0.877. The van der Waals surface area contributed by atoms with E-state index in [0.29, 0.717) is 6.61 Å². The molecule has 0 spiro atoms. The zero-order valence-corrected chi connectivity index (χ0v) is 10.1. The summed E-state index contributed by atoms with van der Waals surface area (Å²) in [5.41, 5.74) is 0.771. The van der Waals surface area contributed by atoms with Gasteiger partial charge in [-0.05, 0) is 19.1 Å². The van der Waals surface area contributed by atoms with Crippen LogP contribution in [0.3, 0.4) is 0 Å². The molecule has 0 aliphatic carbocycles. The number of nitrogens with zero attached hydrogens (tertiary/aromatic N) is 2. The average Bonchev–Trinajstić information content (AvgIpc) is 2.71. The average molecular weight is 232 g/mol.